The van der Waals surface area contributed by atoms with Crippen LogP contribution in [0.3, 0.4) is 0 Å². The number of hydrogen-bond acceptors (Lipinski definition) is 2. The Balaban J connectivity index is 2.49. The minimum Gasteiger partial charge on any atom is -0.385 e. The van der Waals surface area contributed by atoms with Gasteiger partial charge < -0.3 is 5.11 Å². The normalized spacial score (nSPS) is 32.8. The fraction of sp³-hybridized carbons (Fsp3) is 0.773. The van der Waals surface area contributed by atoms with Gasteiger partial charge in [-0.25, -0.2) is 0 Å². The average Bonchev–Trinajstić information content (AvgIpc) is 2.56. The zero-order chi connectivity index (χ0) is 17.6. The summed E-state index contributed by atoms with van der Waals surface area (Å²) in [6, 6.07) is 0. The third kappa shape index (κ3) is 10.1. The Morgan fingerprint density at radius 3 is 2.00 bits per heavy atom. The Bertz CT molecular complexity index is 383. The van der Waals surface area contributed by atoms with E-state index < -0.39 is 6.10 Å². The second kappa shape index (κ2) is 13.4. The summed E-state index contributed by atoms with van der Waals surface area (Å²) in [7, 11) is 0. The third-order valence-electron chi connectivity index (χ3n) is 5.02. The van der Waals surface area contributed by atoms with Gasteiger partial charge in [0.1, 0.15) is 6.10 Å². The molecule has 1 aliphatic rings. The van der Waals surface area contributed by atoms with E-state index in [1.807, 2.05) is 6.92 Å². The first-order valence-electron chi connectivity index (χ1n) is 10.1. The number of carbonyl (C=O) groups is 1. The van der Waals surface area contributed by atoms with E-state index in [0.29, 0.717) is 6.42 Å². The molecule has 0 saturated heterocycles. The number of ketones is 1. The summed E-state index contributed by atoms with van der Waals surface area (Å²) in [5.74, 6) is 0.171. The smallest absolute Gasteiger partial charge is 0.164 e. The number of allylic oxidation sites excluding steroid dienone is 4. The van der Waals surface area contributed by atoms with Gasteiger partial charge in [-0.15, -0.1) is 0 Å². The Labute approximate surface area is 149 Å². The van der Waals surface area contributed by atoms with Crippen LogP contribution in [0.2, 0.25) is 0 Å². The van der Waals surface area contributed by atoms with Crippen LogP contribution >= 0.6 is 0 Å². The van der Waals surface area contributed by atoms with Crippen LogP contribution in [0.25, 0.3) is 0 Å². The molecule has 3 atom stereocenters. The van der Waals surface area contributed by atoms with Crippen LogP contribution in [0.1, 0.15) is 90.9 Å². The molecule has 1 rings (SSSR count). The molecule has 1 N–H and O–H groups in total. The highest BCUT2D eigenvalue weighted by atomic mass is 16.3. The zero-order valence-electron chi connectivity index (χ0n) is 15.9. The van der Waals surface area contributed by atoms with Crippen molar-refractivity contribution < 1.29 is 9.90 Å². The predicted octanol–water partition coefficient (Wildman–Crippen LogP) is 6.00. The minimum absolute atomic E-state index is 0.00527. The van der Waals surface area contributed by atoms with E-state index in [2.05, 4.69) is 31.2 Å². The highest BCUT2D eigenvalue weighted by Crippen LogP contribution is 2.16. The summed E-state index contributed by atoms with van der Waals surface area (Å²) in [6.07, 6.45) is 22.0. The summed E-state index contributed by atoms with van der Waals surface area (Å²) >= 11 is 0. The van der Waals surface area contributed by atoms with Gasteiger partial charge in [-0.1, -0.05) is 76.7 Å². The van der Waals surface area contributed by atoms with E-state index in [-0.39, 0.29) is 17.6 Å². The summed E-state index contributed by atoms with van der Waals surface area (Å²) in [5.41, 5.74) is 0. The predicted molar refractivity (Wildman–Crippen MR) is 103 cm³/mol. The van der Waals surface area contributed by atoms with E-state index in [0.717, 1.165) is 19.3 Å². The summed E-state index contributed by atoms with van der Waals surface area (Å²) < 4.78 is 0. The zero-order valence-corrected chi connectivity index (χ0v) is 15.9. The van der Waals surface area contributed by atoms with Gasteiger partial charge in [0.05, 0.1) is 0 Å². The lowest BCUT2D eigenvalue weighted by molar-refractivity contribution is -0.131. The molecule has 1 aliphatic carbocycles. The van der Waals surface area contributed by atoms with Crippen molar-refractivity contribution in [1.82, 2.24) is 0 Å². The number of aliphatic hydroxyl groups is 1. The molecule has 0 radical (unpaired) electrons. The lowest BCUT2D eigenvalue weighted by atomic mass is 9.92. The van der Waals surface area contributed by atoms with Crippen molar-refractivity contribution in [2.24, 2.45) is 11.8 Å². The molecule has 2 heteroatoms. The van der Waals surface area contributed by atoms with Crippen molar-refractivity contribution in [2.75, 3.05) is 0 Å². The summed E-state index contributed by atoms with van der Waals surface area (Å²) in [6.45, 7) is 4.02. The number of carbonyl (C=O) groups excluding carboxylic acids is 1. The number of hydrogen-bond donors (Lipinski definition) is 1. The van der Waals surface area contributed by atoms with Gasteiger partial charge in [0.2, 0.25) is 0 Å². The highest BCUT2D eigenvalue weighted by Gasteiger charge is 2.21. The second-order valence-corrected chi connectivity index (χ2v) is 7.57. The largest absolute Gasteiger partial charge is 0.385 e. The molecule has 0 saturated carbocycles. The molecule has 0 fully saturated rings. The topological polar surface area (TPSA) is 37.3 Å². The molecule has 0 aromatic carbocycles. The highest BCUT2D eigenvalue weighted by molar-refractivity contribution is 5.85. The van der Waals surface area contributed by atoms with Crippen LogP contribution in [0.4, 0.5) is 0 Å². The molecule has 0 aromatic heterocycles. The fourth-order valence-corrected chi connectivity index (χ4v) is 3.32. The van der Waals surface area contributed by atoms with Crippen molar-refractivity contribution >= 4 is 5.78 Å². The lowest BCUT2D eigenvalue weighted by Gasteiger charge is -2.16. The first kappa shape index (κ1) is 21.2. The van der Waals surface area contributed by atoms with Crippen molar-refractivity contribution in [3.05, 3.63) is 24.3 Å². The molecule has 24 heavy (non-hydrogen) atoms. The van der Waals surface area contributed by atoms with E-state index in [4.69, 9.17) is 0 Å². The van der Waals surface area contributed by atoms with Gasteiger partial charge in [0.25, 0.3) is 0 Å². The Kier molecular flexibility index (Phi) is 11.8. The van der Waals surface area contributed by atoms with E-state index in [9.17, 15) is 9.90 Å². The monoisotopic (exact) mass is 334 g/mol. The number of aliphatic hydroxyl groups excluding tert-OH is 1. The van der Waals surface area contributed by atoms with E-state index >= 15 is 0 Å². The minimum atomic E-state index is -0.821. The lowest BCUT2D eigenvalue weighted by Crippen LogP contribution is -2.27. The van der Waals surface area contributed by atoms with Gasteiger partial charge >= 0.3 is 0 Å². The molecular weight excluding hydrogens is 296 g/mol. The number of Topliss-reactive ketones (excluding diaryl/α,β-unsaturated/α-hetero) is 1. The van der Waals surface area contributed by atoms with Crippen molar-refractivity contribution in [2.45, 2.75) is 97.0 Å². The molecule has 0 spiro atoms. The third-order valence-corrected chi connectivity index (χ3v) is 5.02. The Morgan fingerprint density at radius 1 is 0.833 bits per heavy atom. The van der Waals surface area contributed by atoms with E-state index in [1.165, 1.54) is 51.4 Å². The summed E-state index contributed by atoms with van der Waals surface area (Å²) in [5, 5.41) is 10.2. The average molecular weight is 335 g/mol. The maximum Gasteiger partial charge on any atom is 0.164 e. The summed E-state index contributed by atoms with van der Waals surface area (Å²) in [4.78, 5) is 12.3. The SMILES string of the molecule is CC1/C=C/CCCCCCCCCC/C=C/CC(C)C(=O)C(O)C1. The first-order chi connectivity index (χ1) is 11.6. The molecule has 0 aliphatic heterocycles. The van der Waals surface area contributed by atoms with Gasteiger partial charge in [-0.05, 0) is 44.4 Å². The number of rotatable bonds is 0. The molecule has 0 amide bonds. The van der Waals surface area contributed by atoms with Crippen LogP contribution in [0.5, 0.6) is 0 Å². The van der Waals surface area contributed by atoms with Gasteiger partial charge in [-0.3, -0.25) is 4.79 Å². The standard InChI is InChI=1S/C22H38O2/c1-19-16-14-12-10-8-6-4-3-5-7-9-11-13-15-17-20(2)22(24)21(23)18-19/h13-16,19-21,23H,3-12,17-18H2,1-2H3/b15-13+,16-14+. The van der Waals surface area contributed by atoms with Gasteiger partial charge in [-0.2, -0.15) is 0 Å². The Morgan fingerprint density at radius 2 is 1.38 bits per heavy atom. The van der Waals surface area contributed by atoms with Crippen molar-refractivity contribution in [3.8, 4) is 0 Å². The molecule has 138 valence electrons. The molecule has 2 nitrogen and oxygen atoms in total. The van der Waals surface area contributed by atoms with E-state index in [1.54, 1.807) is 0 Å². The van der Waals surface area contributed by atoms with Gasteiger partial charge in [0, 0.05) is 5.92 Å². The molecule has 3 unspecified atom stereocenters. The molecule has 0 bridgehead atoms. The first-order valence-corrected chi connectivity index (χ1v) is 10.1. The van der Waals surface area contributed by atoms with Crippen LogP contribution in [0.15, 0.2) is 24.3 Å². The molecule has 0 aromatic rings. The second-order valence-electron chi connectivity index (χ2n) is 7.57. The molecular formula is C22H38O2. The van der Waals surface area contributed by atoms with Crippen molar-refractivity contribution in [1.29, 1.82) is 0 Å². The maximum absolute atomic E-state index is 12.3. The van der Waals surface area contributed by atoms with Crippen LogP contribution in [0, 0.1) is 11.8 Å². The molecule has 0 heterocycles. The van der Waals surface area contributed by atoms with Crippen LogP contribution in [-0.2, 0) is 4.79 Å². The maximum atomic E-state index is 12.3. The van der Waals surface area contributed by atoms with Crippen LogP contribution < -0.4 is 0 Å². The Hall–Kier alpha value is -0.890. The van der Waals surface area contributed by atoms with Crippen LogP contribution in [-0.4, -0.2) is 17.0 Å². The quantitative estimate of drug-likeness (QED) is 0.552. The van der Waals surface area contributed by atoms with Crippen molar-refractivity contribution in [3.63, 3.8) is 0 Å². The van der Waals surface area contributed by atoms with Gasteiger partial charge in [0.15, 0.2) is 5.78 Å². The fourth-order valence-electron chi connectivity index (χ4n) is 3.32.